The lowest BCUT2D eigenvalue weighted by atomic mass is 9.89. The van der Waals surface area contributed by atoms with Crippen LogP contribution >= 0.6 is 0 Å². The van der Waals surface area contributed by atoms with E-state index in [2.05, 4.69) is 8.37 Å². The van der Waals surface area contributed by atoms with Gasteiger partial charge in [0.25, 0.3) is 20.2 Å². The Labute approximate surface area is 133 Å². The number of hydrogen-bond donors (Lipinski definition) is 1. The van der Waals surface area contributed by atoms with Gasteiger partial charge in [-0.05, 0) is 13.0 Å². The molecule has 1 N–H and O–H groups in total. The molecule has 23 heavy (non-hydrogen) atoms. The summed E-state index contributed by atoms with van der Waals surface area (Å²) in [6, 6.07) is 2.80. The summed E-state index contributed by atoms with van der Waals surface area (Å²) in [4.78, 5) is 0. The van der Waals surface area contributed by atoms with Crippen LogP contribution in [-0.4, -0.2) is 47.2 Å². The van der Waals surface area contributed by atoms with E-state index in [0.29, 0.717) is 12.5 Å². The van der Waals surface area contributed by atoms with Gasteiger partial charge in [0.05, 0.1) is 12.5 Å². The Bertz CT molecular complexity index is 777. The van der Waals surface area contributed by atoms with E-state index in [4.69, 9.17) is 0 Å². The van der Waals surface area contributed by atoms with E-state index < -0.39 is 55.7 Å². The Morgan fingerprint density at radius 2 is 1.74 bits per heavy atom. The van der Waals surface area contributed by atoms with Crippen molar-refractivity contribution >= 4 is 20.2 Å². The highest BCUT2D eigenvalue weighted by Gasteiger charge is 2.42. The second-order valence-corrected chi connectivity index (χ2v) is 8.18. The molecular formula is C12H16F2O7S2. The third kappa shape index (κ3) is 5.46. The molecule has 0 heterocycles. The van der Waals surface area contributed by atoms with E-state index in [1.54, 1.807) is 0 Å². The maximum absolute atomic E-state index is 14.0. The van der Waals surface area contributed by atoms with Crippen molar-refractivity contribution in [1.29, 1.82) is 0 Å². The van der Waals surface area contributed by atoms with Gasteiger partial charge in [0.1, 0.15) is 18.3 Å². The van der Waals surface area contributed by atoms with Gasteiger partial charge in [0, 0.05) is 5.56 Å². The van der Waals surface area contributed by atoms with Crippen molar-refractivity contribution in [2.45, 2.75) is 18.6 Å². The van der Waals surface area contributed by atoms with Gasteiger partial charge in [-0.25, -0.2) is 8.78 Å². The Hall–Kier alpha value is -1.14. The van der Waals surface area contributed by atoms with Gasteiger partial charge in [-0.1, -0.05) is 12.1 Å². The molecule has 7 nitrogen and oxygen atoms in total. The molecule has 0 saturated carbocycles. The van der Waals surface area contributed by atoms with Gasteiger partial charge in [-0.15, -0.1) is 0 Å². The first-order valence-electron chi connectivity index (χ1n) is 6.16. The topological polar surface area (TPSA) is 107 Å². The summed E-state index contributed by atoms with van der Waals surface area (Å²) in [5.41, 5.74) is -3.27. The van der Waals surface area contributed by atoms with E-state index in [0.717, 1.165) is 25.1 Å². The Balaban J connectivity index is 3.38. The molecule has 0 aliphatic rings. The molecule has 0 fully saturated rings. The van der Waals surface area contributed by atoms with Crippen LogP contribution < -0.4 is 0 Å². The van der Waals surface area contributed by atoms with Crippen molar-refractivity contribution < 1.29 is 39.1 Å². The van der Waals surface area contributed by atoms with E-state index in [1.165, 1.54) is 0 Å². The van der Waals surface area contributed by atoms with Crippen LogP contribution in [0.3, 0.4) is 0 Å². The maximum Gasteiger partial charge on any atom is 0.264 e. The monoisotopic (exact) mass is 374 g/mol. The van der Waals surface area contributed by atoms with E-state index in [-0.39, 0.29) is 0 Å². The number of rotatable bonds is 7. The number of benzene rings is 1. The molecule has 0 aromatic heterocycles. The standard InChI is InChI=1S/C12H16F2O7S2/c1-8(21-23(3,18)19)12(15,7-20-22(2,16)17)9-5-4-6-10(13)11(9)14/h4-6,8,15H,7H2,1-3H3/t8-,12-/m1/s1. The largest absolute Gasteiger partial charge is 0.380 e. The summed E-state index contributed by atoms with van der Waals surface area (Å²) in [6.07, 6.45) is -0.295. The van der Waals surface area contributed by atoms with Gasteiger partial charge in [0.2, 0.25) is 0 Å². The fraction of sp³-hybridized carbons (Fsp3) is 0.500. The second kappa shape index (κ2) is 6.77. The summed E-state index contributed by atoms with van der Waals surface area (Å²) in [5, 5.41) is 10.6. The molecular weight excluding hydrogens is 358 g/mol. The van der Waals surface area contributed by atoms with Crippen LogP contribution in [0, 0.1) is 11.6 Å². The highest BCUT2D eigenvalue weighted by molar-refractivity contribution is 7.86. The molecule has 11 heteroatoms. The lowest BCUT2D eigenvalue weighted by Crippen LogP contribution is -2.45. The molecule has 0 unspecified atom stereocenters. The SMILES string of the molecule is C[C@@H](OS(C)(=O)=O)[C@](O)(COS(C)(=O)=O)c1cccc(F)c1F. The average Bonchev–Trinajstić information content (AvgIpc) is 2.36. The first-order valence-corrected chi connectivity index (χ1v) is 9.79. The zero-order valence-corrected chi connectivity index (χ0v) is 14.1. The molecule has 0 amide bonds. The van der Waals surface area contributed by atoms with Gasteiger partial charge >= 0.3 is 0 Å². The predicted octanol–water partition coefficient (Wildman–Crippen LogP) is 0.493. The number of halogens is 2. The molecule has 132 valence electrons. The summed E-state index contributed by atoms with van der Waals surface area (Å²) >= 11 is 0. The van der Waals surface area contributed by atoms with E-state index in [1.807, 2.05) is 0 Å². The van der Waals surface area contributed by atoms with Crippen molar-refractivity contribution in [2.75, 3.05) is 19.1 Å². The third-order valence-electron chi connectivity index (χ3n) is 2.90. The first kappa shape index (κ1) is 19.9. The molecule has 0 aliphatic carbocycles. The Kier molecular flexibility index (Phi) is 5.86. The Morgan fingerprint density at radius 3 is 2.22 bits per heavy atom. The molecule has 0 saturated heterocycles. The minimum atomic E-state index is -4.07. The van der Waals surface area contributed by atoms with Crippen LogP contribution in [0.25, 0.3) is 0 Å². The zero-order valence-electron chi connectivity index (χ0n) is 12.5. The van der Waals surface area contributed by atoms with Crippen molar-refractivity contribution in [1.82, 2.24) is 0 Å². The number of hydrogen-bond acceptors (Lipinski definition) is 7. The Morgan fingerprint density at radius 1 is 1.17 bits per heavy atom. The van der Waals surface area contributed by atoms with Gasteiger partial charge in [-0.3, -0.25) is 8.37 Å². The number of aliphatic hydroxyl groups is 1. The molecule has 1 aromatic carbocycles. The van der Waals surface area contributed by atoms with Gasteiger partial charge < -0.3 is 5.11 Å². The van der Waals surface area contributed by atoms with Crippen LogP contribution in [0.1, 0.15) is 12.5 Å². The van der Waals surface area contributed by atoms with Crippen LogP contribution in [0.5, 0.6) is 0 Å². The maximum atomic E-state index is 14.0. The van der Waals surface area contributed by atoms with Crippen molar-refractivity contribution in [2.24, 2.45) is 0 Å². The summed E-state index contributed by atoms with van der Waals surface area (Å²) < 4.78 is 81.0. The molecule has 0 spiro atoms. The molecule has 0 radical (unpaired) electrons. The lowest BCUT2D eigenvalue weighted by molar-refractivity contribution is -0.0856. The third-order valence-corrected chi connectivity index (χ3v) is 4.09. The molecule has 0 aliphatic heterocycles. The first-order chi connectivity index (χ1) is 10.3. The minimum absolute atomic E-state index is 0.678. The lowest BCUT2D eigenvalue weighted by Gasteiger charge is -2.33. The fourth-order valence-corrected chi connectivity index (χ4v) is 2.87. The summed E-state index contributed by atoms with van der Waals surface area (Å²) in [7, 11) is -8.12. The van der Waals surface area contributed by atoms with Gasteiger partial charge in [0.15, 0.2) is 11.6 Å². The van der Waals surface area contributed by atoms with E-state index >= 15 is 0 Å². The highest BCUT2D eigenvalue weighted by Crippen LogP contribution is 2.32. The van der Waals surface area contributed by atoms with Crippen molar-refractivity contribution in [3.05, 3.63) is 35.4 Å². The summed E-state index contributed by atoms with van der Waals surface area (Å²) in [5.74, 6) is -2.79. The fourth-order valence-electron chi connectivity index (χ4n) is 1.79. The van der Waals surface area contributed by atoms with Crippen LogP contribution in [0.4, 0.5) is 8.78 Å². The molecule has 1 aromatic rings. The summed E-state index contributed by atoms with van der Waals surface area (Å²) in [6.45, 7) is -0.0140. The normalized spacial score (nSPS) is 16.8. The predicted molar refractivity (Wildman–Crippen MR) is 76.4 cm³/mol. The van der Waals surface area contributed by atoms with Crippen LogP contribution in [0.2, 0.25) is 0 Å². The smallest absolute Gasteiger partial charge is 0.264 e. The van der Waals surface area contributed by atoms with Crippen LogP contribution in [0.15, 0.2) is 18.2 Å². The highest BCUT2D eigenvalue weighted by atomic mass is 32.2. The van der Waals surface area contributed by atoms with Crippen LogP contribution in [-0.2, 0) is 34.2 Å². The van der Waals surface area contributed by atoms with Crippen molar-refractivity contribution in [3.8, 4) is 0 Å². The average molecular weight is 374 g/mol. The minimum Gasteiger partial charge on any atom is -0.380 e. The quantitative estimate of drug-likeness (QED) is 0.692. The van der Waals surface area contributed by atoms with Gasteiger partial charge in [-0.2, -0.15) is 16.8 Å². The molecule has 2 atom stereocenters. The van der Waals surface area contributed by atoms with Crippen molar-refractivity contribution in [3.63, 3.8) is 0 Å². The zero-order chi connectivity index (χ0) is 18.1. The second-order valence-electron chi connectivity index (χ2n) is 4.93. The van der Waals surface area contributed by atoms with E-state index in [9.17, 15) is 30.7 Å². The molecule has 0 bridgehead atoms. The molecule has 1 rings (SSSR count).